The molecule has 6 heteroatoms. The summed E-state index contributed by atoms with van der Waals surface area (Å²) in [5, 5.41) is 8.57. The Morgan fingerprint density at radius 3 is 2.27 bits per heavy atom. The minimum absolute atomic E-state index is 0.0164. The molecular weight excluding hydrogens is 216 g/mol. The van der Waals surface area contributed by atoms with E-state index in [0.29, 0.717) is 26.1 Å². The summed E-state index contributed by atoms with van der Waals surface area (Å²) in [4.78, 5) is 0. The van der Waals surface area contributed by atoms with Crippen molar-refractivity contribution in [3.05, 3.63) is 0 Å². The topological polar surface area (TPSA) is 69.6 Å². The molecule has 1 saturated heterocycles. The van der Waals surface area contributed by atoms with E-state index in [2.05, 4.69) is 4.72 Å². The Hall–Kier alpha value is -0.170. The van der Waals surface area contributed by atoms with Crippen LogP contribution in [0.2, 0.25) is 0 Å². The second kappa shape index (κ2) is 6.42. The maximum atomic E-state index is 11.7. The third-order valence-electron chi connectivity index (χ3n) is 2.52. The van der Waals surface area contributed by atoms with Gasteiger partial charge in [0.2, 0.25) is 0 Å². The van der Waals surface area contributed by atoms with Crippen molar-refractivity contribution >= 4 is 10.2 Å². The van der Waals surface area contributed by atoms with Gasteiger partial charge in [-0.1, -0.05) is 12.8 Å². The molecule has 1 rings (SSSR count). The van der Waals surface area contributed by atoms with Gasteiger partial charge in [-0.3, -0.25) is 0 Å². The Balaban J connectivity index is 2.43. The second-order valence-corrected chi connectivity index (χ2v) is 5.55. The van der Waals surface area contributed by atoms with Crippen molar-refractivity contribution < 1.29 is 13.5 Å². The minimum atomic E-state index is -3.31. The maximum absolute atomic E-state index is 11.7. The highest BCUT2D eigenvalue weighted by molar-refractivity contribution is 7.87. The summed E-state index contributed by atoms with van der Waals surface area (Å²) in [5.41, 5.74) is 0. The highest BCUT2D eigenvalue weighted by Crippen LogP contribution is 2.12. The summed E-state index contributed by atoms with van der Waals surface area (Å²) in [5.74, 6) is 0. The van der Waals surface area contributed by atoms with Crippen molar-refractivity contribution in [2.24, 2.45) is 0 Å². The first-order chi connectivity index (χ1) is 7.17. The van der Waals surface area contributed by atoms with Crippen LogP contribution in [0.4, 0.5) is 0 Å². The molecule has 0 spiro atoms. The van der Waals surface area contributed by atoms with Crippen LogP contribution in [0.3, 0.4) is 0 Å². The van der Waals surface area contributed by atoms with Crippen molar-refractivity contribution in [2.45, 2.75) is 32.1 Å². The molecule has 0 saturated carbocycles. The van der Waals surface area contributed by atoms with Crippen molar-refractivity contribution in [2.75, 3.05) is 26.2 Å². The lowest BCUT2D eigenvalue weighted by molar-refractivity contribution is 0.288. The van der Waals surface area contributed by atoms with E-state index in [1.165, 1.54) is 4.31 Å². The number of nitrogens with one attached hydrogen (secondary N) is 1. The van der Waals surface area contributed by atoms with Gasteiger partial charge in [0, 0.05) is 26.2 Å². The molecule has 0 amide bonds. The zero-order valence-corrected chi connectivity index (χ0v) is 9.80. The van der Waals surface area contributed by atoms with E-state index in [-0.39, 0.29) is 6.61 Å². The highest BCUT2D eigenvalue weighted by atomic mass is 32.2. The molecule has 15 heavy (non-hydrogen) atoms. The Bertz CT molecular complexity index is 259. The Morgan fingerprint density at radius 1 is 1.13 bits per heavy atom. The predicted octanol–water partition coefficient (Wildman–Crippen LogP) is 0.0792. The summed E-state index contributed by atoms with van der Waals surface area (Å²) < 4.78 is 27.5. The molecule has 1 heterocycles. The molecular formula is C9H20N2O3S. The fourth-order valence-corrected chi connectivity index (χ4v) is 2.98. The van der Waals surface area contributed by atoms with Crippen LogP contribution in [0.5, 0.6) is 0 Å². The van der Waals surface area contributed by atoms with Crippen LogP contribution in [0.1, 0.15) is 32.1 Å². The first-order valence-electron chi connectivity index (χ1n) is 5.52. The molecule has 1 aliphatic rings. The first-order valence-corrected chi connectivity index (χ1v) is 6.96. The number of hydrogen-bond acceptors (Lipinski definition) is 3. The summed E-state index contributed by atoms with van der Waals surface area (Å²) >= 11 is 0. The standard InChI is InChI=1S/C9H20N2O3S/c12-9-5-6-10-15(13,14)11-7-3-1-2-4-8-11/h10,12H,1-9H2. The smallest absolute Gasteiger partial charge is 0.279 e. The normalized spacial score (nSPS) is 20.1. The summed E-state index contributed by atoms with van der Waals surface area (Å²) in [6.07, 6.45) is 4.58. The maximum Gasteiger partial charge on any atom is 0.279 e. The molecule has 0 aromatic rings. The number of rotatable bonds is 5. The van der Waals surface area contributed by atoms with E-state index in [1.54, 1.807) is 0 Å². The first kappa shape index (κ1) is 12.9. The van der Waals surface area contributed by atoms with Crippen LogP contribution in [0.25, 0.3) is 0 Å². The van der Waals surface area contributed by atoms with Crippen LogP contribution < -0.4 is 4.72 Å². The zero-order chi connectivity index (χ0) is 11.1. The highest BCUT2D eigenvalue weighted by Gasteiger charge is 2.21. The molecule has 0 aliphatic carbocycles. The lowest BCUT2D eigenvalue weighted by atomic mass is 10.2. The van der Waals surface area contributed by atoms with E-state index in [9.17, 15) is 8.42 Å². The van der Waals surface area contributed by atoms with Gasteiger partial charge in [-0.05, 0) is 19.3 Å². The van der Waals surface area contributed by atoms with Gasteiger partial charge in [0.05, 0.1) is 0 Å². The van der Waals surface area contributed by atoms with Crippen LogP contribution in [-0.4, -0.2) is 44.1 Å². The van der Waals surface area contributed by atoms with E-state index in [0.717, 1.165) is 25.7 Å². The number of hydrogen-bond donors (Lipinski definition) is 2. The fraction of sp³-hybridized carbons (Fsp3) is 1.00. The largest absolute Gasteiger partial charge is 0.396 e. The van der Waals surface area contributed by atoms with E-state index in [1.807, 2.05) is 0 Å². The summed E-state index contributed by atoms with van der Waals surface area (Å²) in [7, 11) is -3.31. The van der Waals surface area contributed by atoms with Crippen molar-refractivity contribution in [1.82, 2.24) is 9.03 Å². The number of nitrogens with zero attached hydrogens (tertiary/aromatic N) is 1. The summed E-state index contributed by atoms with van der Waals surface area (Å²) in [6.45, 7) is 1.57. The number of aliphatic hydroxyl groups is 1. The second-order valence-electron chi connectivity index (χ2n) is 3.79. The third-order valence-corrected chi connectivity index (χ3v) is 4.14. The van der Waals surface area contributed by atoms with Gasteiger partial charge in [-0.15, -0.1) is 0 Å². The zero-order valence-electron chi connectivity index (χ0n) is 8.98. The van der Waals surface area contributed by atoms with E-state index < -0.39 is 10.2 Å². The lowest BCUT2D eigenvalue weighted by Crippen LogP contribution is -2.41. The molecule has 0 bridgehead atoms. The molecule has 0 unspecified atom stereocenters. The molecule has 0 aromatic heterocycles. The molecule has 1 fully saturated rings. The average molecular weight is 236 g/mol. The monoisotopic (exact) mass is 236 g/mol. The molecule has 2 N–H and O–H groups in total. The lowest BCUT2D eigenvalue weighted by Gasteiger charge is -2.19. The van der Waals surface area contributed by atoms with Crippen molar-refractivity contribution in [3.63, 3.8) is 0 Å². The van der Waals surface area contributed by atoms with Gasteiger partial charge in [0.25, 0.3) is 10.2 Å². The Labute approximate surface area is 91.7 Å². The van der Waals surface area contributed by atoms with Crippen LogP contribution in [-0.2, 0) is 10.2 Å². The molecule has 5 nitrogen and oxygen atoms in total. The predicted molar refractivity (Wildman–Crippen MR) is 58.7 cm³/mol. The van der Waals surface area contributed by atoms with Crippen LogP contribution >= 0.6 is 0 Å². The molecule has 1 aliphatic heterocycles. The minimum Gasteiger partial charge on any atom is -0.396 e. The van der Waals surface area contributed by atoms with Gasteiger partial charge in [-0.2, -0.15) is 12.7 Å². The van der Waals surface area contributed by atoms with Gasteiger partial charge in [-0.25, -0.2) is 4.72 Å². The van der Waals surface area contributed by atoms with E-state index in [4.69, 9.17) is 5.11 Å². The quantitative estimate of drug-likeness (QED) is 0.664. The summed E-state index contributed by atoms with van der Waals surface area (Å²) in [6, 6.07) is 0. The average Bonchev–Trinajstić information content (AvgIpc) is 2.46. The Morgan fingerprint density at radius 2 is 1.73 bits per heavy atom. The molecule has 0 atom stereocenters. The SMILES string of the molecule is O=S(=O)(NCCCO)N1CCCCCC1. The van der Waals surface area contributed by atoms with Crippen LogP contribution in [0, 0.1) is 0 Å². The van der Waals surface area contributed by atoms with Crippen LogP contribution in [0.15, 0.2) is 0 Å². The van der Waals surface area contributed by atoms with Gasteiger partial charge < -0.3 is 5.11 Å². The van der Waals surface area contributed by atoms with Gasteiger partial charge in [0.15, 0.2) is 0 Å². The Kier molecular flexibility index (Phi) is 5.52. The van der Waals surface area contributed by atoms with E-state index >= 15 is 0 Å². The molecule has 0 aromatic carbocycles. The molecule has 0 radical (unpaired) electrons. The van der Waals surface area contributed by atoms with Crippen molar-refractivity contribution in [1.29, 1.82) is 0 Å². The van der Waals surface area contributed by atoms with Gasteiger partial charge >= 0.3 is 0 Å². The third kappa shape index (κ3) is 4.46. The van der Waals surface area contributed by atoms with Gasteiger partial charge in [0.1, 0.15) is 0 Å². The molecule has 90 valence electrons. The van der Waals surface area contributed by atoms with Crippen molar-refractivity contribution in [3.8, 4) is 0 Å². The number of aliphatic hydroxyl groups excluding tert-OH is 1. The fourth-order valence-electron chi connectivity index (χ4n) is 1.65.